The van der Waals surface area contributed by atoms with Crippen LogP contribution in [-0.4, -0.2) is 21.2 Å². The first kappa shape index (κ1) is 13.5. The van der Waals surface area contributed by atoms with E-state index in [1.807, 2.05) is 0 Å². The van der Waals surface area contributed by atoms with Crippen molar-refractivity contribution < 1.29 is 8.42 Å². The summed E-state index contributed by atoms with van der Waals surface area (Å²) in [6.07, 6.45) is 4.48. The Bertz CT molecular complexity index is 513. The Morgan fingerprint density at radius 1 is 1.28 bits per heavy atom. The average Bonchev–Trinajstić information content (AvgIpc) is 2.27. The van der Waals surface area contributed by atoms with Gasteiger partial charge < -0.3 is 11.5 Å². The molecule has 100 valence electrons. The summed E-state index contributed by atoms with van der Waals surface area (Å²) in [4.78, 5) is 0.328. The van der Waals surface area contributed by atoms with Crippen LogP contribution in [0.25, 0.3) is 0 Å². The van der Waals surface area contributed by atoms with Crippen molar-refractivity contribution in [2.75, 3.05) is 12.8 Å². The lowest BCUT2D eigenvalue weighted by Crippen LogP contribution is -2.46. The van der Waals surface area contributed by atoms with Crippen LogP contribution in [0.3, 0.4) is 0 Å². The summed E-state index contributed by atoms with van der Waals surface area (Å²) in [5, 5.41) is 0. The molecule has 0 saturated heterocycles. The maximum atomic E-state index is 11.4. The second-order valence-corrected chi connectivity index (χ2v) is 7.25. The highest BCUT2D eigenvalue weighted by atomic mass is 32.2. The maximum Gasteiger partial charge on any atom is 0.175 e. The molecule has 2 rings (SSSR count). The van der Waals surface area contributed by atoms with Crippen LogP contribution in [0.2, 0.25) is 0 Å². The fourth-order valence-electron chi connectivity index (χ4n) is 2.55. The summed E-state index contributed by atoms with van der Waals surface area (Å²) in [5.74, 6) is 0. The molecule has 0 amide bonds. The second kappa shape index (κ2) is 4.64. The lowest BCUT2D eigenvalue weighted by molar-refractivity contribution is 0.105. The first-order valence-corrected chi connectivity index (χ1v) is 8.04. The third kappa shape index (κ3) is 2.30. The van der Waals surface area contributed by atoms with Gasteiger partial charge in [0, 0.05) is 17.7 Å². The van der Waals surface area contributed by atoms with Crippen molar-refractivity contribution >= 4 is 9.84 Å². The highest BCUT2D eigenvalue weighted by Crippen LogP contribution is 2.48. The summed E-state index contributed by atoms with van der Waals surface area (Å²) >= 11 is 0. The summed E-state index contributed by atoms with van der Waals surface area (Å²) in [6.45, 7) is 0.585. The van der Waals surface area contributed by atoms with Crippen LogP contribution in [0.1, 0.15) is 30.9 Å². The van der Waals surface area contributed by atoms with Gasteiger partial charge in [-0.25, -0.2) is 8.42 Å². The van der Waals surface area contributed by atoms with E-state index in [2.05, 4.69) is 0 Å². The third-order valence-corrected chi connectivity index (χ3v) is 5.21. The molecule has 5 heteroatoms. The Morgan fingerprint density at radius 2 is 1.83 bits per heavy atom. The van der Waals surface area contributed by atoms with Crippen molar-refractivity contribution in [3.05, 3.63) is 29.8 Å². The van der Waals surface area contributed by atoms with Crippen molar-refractivity contribution in [1.82, 2.24) is 0 Å². The number of nitrogens with two attached hydrogens (primary N) is 2. The van der Waals surface area contributed by atoms with E-state index in [0.29, 0.717) is 11.4 Å². The van der Waals surface area contributed by atoms with Crippen LogP contribution < -0.4 is 11.5 Å². The van der Waals surface area contributed by atoms with Crippen molar-refractivity contribution in [2.45, 2.75) is 30.2 Å². The third-order valence-electron chi connectivity index (χ3n) is 4.08. The number of rotatable bonds is 4. The van der Waals surface area contributed by atoms with E-state index < -0.39 is 9.84 Å². The fraction of sp³-hybridized carbons (Fsp3) is 0.538. The predicted molar refractivity (Wildman–Crippen MR) is 71.8 cm³/mol. The first-order chi connectivity index (χ1) is 8.39. The Labute approximate surface area is 108 Å². The number of hydrogen-bond donors (Lipinski definition) is 2. The zero-order valence-corrected chi connectivity index (χ0v) is 11.4. The van der Waals surface area contributed by atoms with Gasteiger partial charge in [0.25, 0.3) is 0 Å². The summed E-state index contributed by atoms with van der Waals surface area (Å²) in [6, 6.07) is 6.74. The van der Waals surface area contributed by atoms with E-state index in [1.165, 1.54) is 12.7 Å². The molecular weight excluding hydrogens is 248 g/mol. The van der Waals surface area contributed by atoms with Gasteiger partial charge in [-0.15, -0.1) is 0 Å². The number of hydrogen-bond acceptors (Lipinski definition) is 4. The van der Waals surface area contributed by atoms with Gasteiger partial charge in [-0.3, -0.25) is 0 Å². The molecule has 4 N–H and O–H groups in total. The minimum Gasteiger partial charge on any atom is -0.330 e. The van der Waals surface area contributed by atoms with E-state index in [-0.39, 0.29) is 11.5 Å². The van der Waals surface area contributed by atoms with Gasteiger partial charge in [-0.1, -0.05) is 18.6 Å². The molecule has 1 aliphatic carbocycles. The van der Waals surface area contributed by atoms with Gasteiger partial charge in [0.2, 0.25) is 0 Å². The van der Waals surface area contributed by atoms with Crippen molar-refractivity contribution in [2.24, 2.45) is 16.9 Å². The fourth-order valence-corrected chi connectivity index (χ4v) is 3.18. The largest absolute Gasteiger partial charge is 0.330 e. The quantitative estimate of drug-likeness (QED) is 0.859. The predicted octanol–water partition coefficient (Wildman–Crippen LogP) is 1.22. The lowest BCUT2D eigenvalue weighted by atomic mass is 9.63. The van der Waals surface area contributed by atoms with Crippen molar-refractivity contribution in [3.8, 4) is 0 Å². The molecule has 0 aromatic heterocycles. The van der Waals surface area contributed by atoms with Gasteiger partial charge in [-0.2, -0.15) is 0 Å². The molecule has 1 atom stereocenters. The van der Waals surface area contributed by atoms with Gasteiger partial charge in [0.05, 0.1) is 4.90 Å². The zero-order valence-electron chi connectivity index (χ0n) is 10.6. The van der Waals surface area contributed by atoms with E-state index >= 15 is 0 Å². The molecule has 1 fully saturated rings. The van der Waals surface area contributed by atoms with Crippen molar-refractivity contribution in [3.63, 3.8) is 0 Å². The minimum absolute atomic E-state index is 0.00655. The van der Waals surface area contributed by atoms with Crippen LogP contribution in [0, 0.1) is 5.41 Å². The minimum atomic E-state index is -3.14. The number of benzene rings is 1. The molecule has 0 aliphatic heterocycles. The normalized spacial score (nSPS) is 20.2. The Morgan fingerprint density at radius 3 is 2.17 bits per heavy atom. The van der Waals surface area contributed by atoms with Gasteiger partial charge in [0.15, 0.2) is 9.84 Å². The van der Waals surface area contributed by atoms with Gasteiger partial charge >= 0.3 is 0 Å². The molecule has 0 heterocycles. The zero-order chi connectivity index (χ0) is 13.4. The molecule has 0 radical (unpaired) electrons. The van der Waals surface area contributed by atoms with Crippen LogP contribution in [-0.2, 0) is 9.84 Å². The highest BCUT2D eigenvalue weighted by molar-refractivity contribution is 7.90. The average molecular weight is 268 g/mol. The summed E-state index contributed by atoms with van der Waals surface area (Å²) in [5.41, 5.74) is 13.1. The molecule has 0 bridgehead atoms. The molecule has 1 aromatic carbocycles. The molecule has 1 saturated carbocycles. The first-order valence-electron chi connectivity index (χ1n) is 6.15. The van der Waals surface area contributed by atoms with Crippen LogP contribution >= 0.6 is 0 Å². The molecule has 4 nitrogen and oxygen atoms in total. The second-order valence-electron chi connectivity index (χ2n) is 5.24. The summed E-state index contributed by atoms with van der Waals surface area (Å²) in [7, 11) is -3.14. The molecule has 1 aromatic rings. The molecule has 1 aliphatic rings. The van der Waals surface area contributed by atoms with E-state index in [4.69, 9.17) is 11.5 Å². The van der Waals surface area contributed by atoms with Crippen molar-refractivity contribution in [1.29, 1.82) is 0 Å². The van der Waals surface area contributed by atoms with E-state index in [9.17, 15) is 8.42 Å². The van der Waals surface area contributed by atoms with E-state index in [1.54, 1.807) is 24.3 Å². The number of sulfone groups is 1. The van der Waals surface area contributed by atoms with E-state index in [0.717, 1.165) is 18.4 Å². The van der Waals surface area contributed by atoms with Crippen LogP contribution in [0.5, 0.6) is 0 Å². The monoisotopic (exact) mass is 268 g/mol. The molecule has 0 spiro atoms. The summed E-state index contributed by atoms with van der Waals surface area (Å²) < 4.78 is 22.8. The maximum absolute atomic E-state index is 11.4. The SMILES string of the molecule is CS(=O)(=O)c1ccc(C(N)C2(CN)CCC2)cc1. The molecule has 1 unspecified atom stereocenters. The Hall–Kier alpha value is -0.910. The van der Waals surface area contributed by atoms with Crippen LogP contribution in [0.15, 0.2) is 29.2 Å². The smallest absolute Gasteiger partial charge is 0.175 e. The van der Waals surface area contributed by atoms with Gasteiger partial charge in [-0.05, 0) is 37.1 Å². The van der Waals surface area contributed by atoms with Gasteiger partial charge in [0.1, 0.15) is 0 Å². The standard InChI is InChI=1S/C13H20N2O2S/c1-18(16,17)11-5-3-10(4-6-11)12(15)13(9-14)7-2-8-13/h3-6,12H,2,7-9,14-15H2,1H3. The highest BCUT2D eigenvalue weighted by Gasteiger charge is 2.41. The molecular formula is C13H20N2O2S. The van der Waals surface area contributed by atoms with Crippen LogP contribution in [0.4, 0.5) is 0 Å². The molecule has 18 heavy (non-hydrogen) atoms. The topological polar surface area (TPSA) is 86.2 Å². The lowest BCUT2D eigenvalue weighted by Gasteiger charge is -2.45. The Balaban J connectivity index is 2.25. The Kier molecular flexibility index (Phi) is 3.49.